The lowest BCUT2D eigenvalue weighted by Gasteiger charge is -2.35. The molecule has 1 aliphatic carbocycles. The van der Waals surface area contributed by atoms with Crippen LogP contribution in [-0.4, -0.2) is 42.8 Å². The van der Waals surface area contributed by atoms with Gasteiger partial charge in [0.2, 0.25) is 10.0 Å². The molecule has 78 valence electrons. The Morgan fingerprint density at radius 2 is 2.08 bits per heavy atom. The van der Waals surface area contributed by atoms with Crippen LogP contribution in [0, 0.1) is 0 Å². The van der Waals surface area contributed by atoms with Gasteiger partial charge < -0.3 is 5.11 Å². The van der Waals surface area contributed by atoms with Crippen molar-refractivity contribution in [2.75, 3.05) is 13.7 Å². The number of rotatable bonds is 4. The summed E-state index contributed by atoms with van der Waals surface area (Å²) in [5.41, 5.74) is 0. The van der Waals surface area contributed by atoms with Crippen LogP contribution in [0.2, 0.25) is 0 Å². The van der Waals surface area contributed by atoms with Gasteiger partial charge in [0.15, 0.2) is 0 Å². The van der Waals surface area contributed by atoms with E-state index in [1.165, 1.54) is 11.2 Å². The molecule has 0 aromatic heterocycles. The van der Waals surface area contributed by atoms with Crippen LogP contribution in [0.1, 0.15) is 26.2 Å². The van der Waals surface area contributed by atoms with Crippen molar-refractivity contribution in [2.24, 2.45) is 0 Å². The number of aliphatic hydroxyl groups is 1. The van der Waals surface area contributed by atoms with Crippen molar-refractivity contribution >= 4 is 10.0 Å². The highest BCUT2D eigenvalue weighted by molar-refractivity contribution is 7.89. The molecule has 1 fully saturated rings. The first-order valence-corrected chi connectivity index (χ1v) is 6.08. The Morgan fingerprint density at radius 3 is 2.38 bits per heavy atom. The molecule has 0 spiro atoms. The van der Waals surface area contributed by atoms with Gasteiger partial charge in [-0.15, -0.1) is 0 Å². The first-order chi connectivity index (χ1) is 6.00. The molecule has 0 amide bonds. The molecule has 0 saturated heterocycles. The maximum Gasteiger partial charge on any atom is 0.218 e. The second-order valence-electron chi connectivity index (χ2n) is 3.64. The van der Waals surface area contributed by atoms with Crippen LogP contribution in [0.4, 0.5) is 0 Å². The summed E-state index contributed by atoms with van der Waals surface area (Å²) < 4.78 is 24.7. The van der Waals surface area contributed by atoms with Crippen molar-refractivity contribution in [3.05, 3.63) is 0 Å². The summed E-state index contributed by atoms with van der Waals surface area (Å²) in [6.45, 7) is 1.23. The van der Waals surface area contributed by atoms with Crippen molar-refractivity contribution in [1.29, 1.82) is 0 Å². The van der Waals surface area contributed by atoms with E-state index in [1.807, 2.05) is 0 Å². The first kappa shape index (κ1) is 10.9. The third-order valence-corrected chi connectivity index (χ3v) is 5.02. The summed E-state index contributed by atoms with van der Waals surface area (Å²) in [5.74, 6) is 0. The van der Waals surface area contributed by atoms with E-state index < -0.39 is 15.3 Å². The largest absolute Gasteiger partial charge is 0.395 e. The lowest BCUT2D eigenvalue weighted by molar-refractivity contribution is 0.239. The van der Waals surface area contributed by atoms with Crippen LogP contribution in [-0.2, 0) is 10.0 Å². The van der Waals surface area contributed by atoms with Crippen molar-refractivity contribution in [3.8, 4) is 0 Å². The summed E-state index contributed by atoms with van der Waals surface area (Å²) in [4.78, 5) is 0. The summed E-state index contributed by atoms with van der Waals surface area (Å²) >= 11 is 0. The molecule has 0 aromatic rings. The van der Waals surface area contributed by atoms with Crippen molar-refractivity contribution < 1.29 is 13.5 Å². The molecule has 0 aliphatic heterocycles. The molecule has 1 N–H and O–H groups in total. The van der Waals surface area contributed by atoms with E-state index in [-0.39, 0.29) is 12.6 Å². The van der Waals surface area contributed by atoms with E-state index >= 15 is 0 Å². The van der Waals surface area contributed by atoms with Crippen LogP contribution in [0.3, 0.4) is 0 Å². The van der Waals surface area contributed by atoms with Crippen molar-refractivity contribution in [1.82, 2.24) is 4.31 Å². The van der Waals surface area contributed by atoms with Crippen LogP contribution in [0.5, 0.6) is 0 Å². The Labute approximate surface area is 79.6 Å². The molecular formula is C8H17NO3S. The summed E-state index contributed by atoms with van der Waals surface area (Å²) in [7, 11) is -1.66. The zero-order valence-corrected chi connectivity index (χ0v) is 8.92. The SMILES string of the molecule is CC(CO)S(=O)(=O)N(C)C1CCC1. The van der Waals surface area contributed by atoms with E-state index in [2.05, 4.69) is 0 Å². The van der Waals surface area contributed by atoms with Crippen LogP contribution in [0.15, 0.2) is 0 Å². The fraction of sp³-hybridized carbons (Fsp3) is 1.00. The fourth-order valence-corrected chi connectivity index (χ4v) is 2.72. The predicted octanol–water partition coefficient (Wildman–Crippen LogP) is 0.181. The summed E-state index contributed by atoms with van der Waals surface area (Å²) in [5, 5.41) is 8.10. The highest BCUT2D eigenvalue weighted by Gasteiger charge is 2.33. The lowest BCUT2D eigenvalue weighted by atomic mass is 9.94. The van der Waals surface area contributed by atoms with Crippen LogP contribution in [0.25, 0.3) is 0 Å². The first-order valence-electron chi connectivity index (χ1n) is 4.58. The Morgan fingerprint density at radius 1 is 1.54 bits per heavy atom. The third-order valence-electron chi connectivity index (χ3n) is 2.76. The van der Waals surface area contributed by atoms with Crippen molar-refractivity contribution in [3.63, 3.8) is 0 Å². The Bertz CT molecular complexity index is 259. The topological polar surface area (TPSA) is 57.6 Å². The summed E-state index contributed by atoms with van der Waals surface area (Å²) in [6, 6.07) is 0.166. The Hall–Kier alpha value is -0.130. The molecule has 0 radical (unpaired) electrons. The van der Waals surface area contributed by atoms with E-state index in [4.69, 9.17) is 5.11 Å². The lowest BCUT2D eigenvalue weighted by Crippen LogP contribution is -2.45. The van der Waals surface area contributed by atoms with E-state index in [1.54, 1.807) is 7.05 Å². The molecule has 1 saturated carbocycles. The van der Waals surface area contributed by atoms with Crippen molar-refractivity contribution in [2.45, 2.75) is 37.5 Å². The van der Waals surface area contributed by atoms with Gasteiger partial charge in [0, 0.05) is 13.1 Å². The second-order valence-corrected chi connectivity index (χ2v) is 6.05. The molecule has 0 heterocycles. The van der Waals surface area contributed by atoms with Gasteiger partial charge in [-0.1, -0.05) is 6.42 Å². The van der Waals surface area contributed by atoms with Gasteiger partial charge in [-0.05, 0) is 19.8 Å². The number of aliphatic hydroxyl groups excluding tert-OH is 1. The molecule has 1 unspecified atom stereocenters. The second kappa shape index (κ2) is 3.94. The fourth-order valence-electron chi connectivity index (χ4n) is 1.34. The quantitative estimate of drug-likeness (QED) is 0.715. The number of sulfonamides is 1. The molecule has 0 aromatic carbocycles. The average molecular weight is 207 g/mol. The molecule has 4 nitrogen and oxygen atoms in total. The van der Waals surface area contributed by atoms with Gasteiger partial charge in [-0.2, -0.15) is 0 Å². The third kappa shape index (κ3) is 2.03. The average Bonchev–Trinajstić information content (AvgIpc) is 1.99. The number of hydrogen-bond donors (Lipinski definition) is 1. The monoisotopic (exact) mass is 207 g/mol. The highest BCUT2D eigenvalue weighted by atomic mass is 32.2. The minimum absolute atomic E-state index is 0.166. The maximum absolute atomic E-state index is 11.7. The number of hydrogen-bond acceptors (Lipinski definition) is 3. The van der Waals surface area contributed by atoms with Gasteiger partial charge in [0.1, 0.15) is 0 Å². The van der Waals surface area contributed by atoms with E-state index in [9.17, 15) is 8.42 Å². The molecule has 13 heavy (non-hydrogen) atoms. The summed E-state index contributed by atoms with van der Waals surface area (Å²) in [6.07, 6.45) is 3.01. The van der Waals surface area contributed by atoms with Gasteiger partial charge in [-0.3, -0.25) is 0 Å². The Balaban J connectivity index is 2.67. The van der Waals surface area contributed by atoms with E-state index in [0.29, 0.717) is 0 Å². The zero-order valence-electron chi connectivity index (χ0n) is 8.10. The minimum Gasteiger partial charge on any atom is -0.395 e. The predicted molar refractivity (Wildman–Crippen MR) is 50.9 cm³/mol. The molecule has 5 heteroatoms. The van der Waals surface area contributed by atoms with Gasteiger partial charge >= 0.3 is 0 Å². The highest BCUT2D eigenvalue weighted by Crippen LogP contribution is 2.26. The maximum atomic E-state index is 11.7. The van der Waals surface area contributed by atoms with Gasteiger partial charge in [0.05, 0.1) is 11.9 Å². The van der Waals surface area contributed by atoms with Gasteiger partial charge in [0.25, 0.3) is 0 Å². The van der Waals surface area contributed by atoms with Crippen LogP contribution >= 0.6 is 0 Å². The molecule has 1 atom stereocenters. The van der Waals surface area contributed by atoms with E-state index in [0.717, 1.165) is 19.3 Å². The smallest absolute Gasteiger partial charge is 0.218 e. The Kier molecular flexibility index (Phi) is 3.32. The van der Waals surface area contributed by atoms with Gasteiger partial charge in [-0.25, -0.2) is 12.7 Å². The normalized spacial score (nSPS) is 21.5. The molecule has 1 rings (SSSR count). The molecule has 0 bridgehead atoms. The molecular weight excluding hydrogens is 190 g/mol. The standard InChI is InChI=1S/C8H17NO3S/c1-7(6-10)13(11,12)9(2)8-4-3-5-8/h7-8,10H,3-6H2,1-2H3. The zero-order chi connectivity index (χ0) is 10.1. The number of nitrogens with zero attached hydrogens (tertiary/aromatic N) is 1. The molecule has 1 aliphatic rings. The minimum atomic E-state index is -3.27. The van der Waals surface area contributed by atoms with Crippen LogP contribution < -0.4 is 0 Å².